The maximum atomic E-state index is 13.4. The Bertz CT molecular complexity index is 533. The van der Waals surface area contributed by atoms with E-state index < -0.39 is 11.9 Å². The minimum absolute atomic E-state index is 0.166. The van der Waals surface area contributed by atoms with Gasteiger partial charge in [-0.15, -0.1) is 0 Å². The molecule has 0 radical (unpaired) electrons. The van der Waals surface area contributed by atoms with E-state index >= 15 is 0 Å². The van der Waals surface area contributed by atoms with E-state index in [0.717, 1.165) is 12.8 Å². The van der Waals surface area contributed by atoms with Gasteiger partial charge in [-0.25, -0.2) is 9.18 Å². The Morgan fingerprint density at radius 3 is 2.83 bits per heavy atom. The molecule has 0 heterocycles. The van der Waals surface area contributed by atoms with E-state index in [1.54, 1.807) is 6.92 Å². The fraction of sp³-hybridized carbons (Fsp3) is 0.588. The first-order valence-corrected chi connectivity index (χ1v) is 8.09. The number of carbonyl (C=O) groups is 1. The zero-order valence-electron chi connectivity index (χ0n) is 13.6. The summed E-state index contributed by atoms with van der Waals surface area (Å²) in [7, 11) is 0. The molecule has 5 nitrogen and oxygen atoms in total. The number of halogens is 1. The van der Waals surface area contributed by atoms with Crippen molar-refractivity contribution in [2.24, 2.45) is 11.8 Å². The second-order valence-corrected chi connectivity index (χ2v) is 6.42. The third kappa shape index (κ3) is 6.44. The number of rotatable bonds is 8. The molecule has 23 heavy (non-hydrogen) atoms. The van der Waals surface area contributed by atoms with Crippen LogP contribution in [0.1, 0.15) is 33.1 Å². The molecule has 0 spiro atoms. The van der Waals surface area contributed by atoms with Crippen LogP contribution in [0.4, 0.5) is 14.9 Å². The molecule has 0 aliphatic heterocycles. The maximum Gasteiger partial charge on any atom is 0.319 e. The monoisotopic (exact) mass is 324 g/mol. The normalized spacial score (nSPS) is 16.5. The molecule has 1 aliphatic rings. The fourth-order valence-electron chi connectivity index (χ4n) is 2.31. The van der Waals surface area contributed by atoms with Crippen LogP contribution in [0.15, 0.2) is 18.2 Å². The molecule has 0 aromatic heterocycles. The van der Waals surface area contributed by atoms with E-state index in [4.69, 9.17) is 4.74 Å². The lowest BCUT2D eigenvalue weighted by molar-refractivity contribution is 0.163. The quantitative estimate of drug-likeness (QED) is 0.688. The highest BCUT2D eigenvalue weighted by molar-refractivity contribution is 5.90. The number of benzene rings is 1. The lowest BCUT2D eigenvalue weighted by Crippen LogP contribution is -2.33. The summed E-state index contributed by atoms with van der Waals surface area (Å²) in [5.74, 6) is 0.664. The van der Waals surface area contributed by atoms with Crippen molar-refractivity contribution in [3.8, 4) is 5.75 Å². The summed E-state index contributed by atoms with van der Waals surface area (Å²) >= 11 is 0. The number of aliphatic hydroxyl groups is 1. The standard InChI is InChI=1S/C17H25FN2O3/c1-11(7-12(2)21)9-19-17(22)20-15-6-5-14(18)8-16(15)23-10-13-3-4-13/h5-6,8,11-13,21H,3-4,7,9-10H2,1-2H3,(H2,19,20,22). The van der Waals surface area contributed by atoms with Gasteiger partial charge in [0.25, 0.3) is 0 Å². The van der Waals surface area contributed by atoms with E-state index in [1.165, 1.54) is 18.2 Å². The van der Waals surface area contributed by atoms with Crippen molar-refractivity contribution < 1.29 is 19.0 Å². The van der Waals surface area contributed by atoms with E-state index in [1.807, 2.05) is 6.92 Å². The second kappa shape index (κ2) is 8.15. The summed E-state index contributed by atoms with van der Waals surface area (Å²) in [6.45, 7) is 4.68. The number of hydrogen-bond acceptors (Lipinski definition) is 3. The number of aliphatic hydroxyl groups excluding tert-OH is 1. The lowest BCUT2D eigenvalue weighted by Gasteiger charge is -2.16. The van der Waals surface area contributed by atoms with E-state index in [0.29, 0.717) is 36.9 Å². The van der Waals surface area contributed by atoms with Crippen LogP contribution in [-0.4, -0.2) is 30.4 Å². The lowest BCUT2D eigenvalue weighted by atomic mass is 10.1. The van der Waals surface area contributed by atoms with Crippen LogP contribution in [0, 0.1) is 17.7 Å². The van der Waals surface area contributed by atoms with Crippen molar-refractivity contribution in [2.45, 2.75) is 39.2 Å². The Hall–Kier alpha value is -1.82. The Balaban J connectivity index is 1.86. The zero-order chi connectivity index (χ0) is 16.8. The van der Waals surface area contributed by atoms with Crippen molar-refractivity contribution in [2.75, 3.05) is 18.5 Å². The Labute approximate surface area is 136 Å². The number of nitrogens with one attached hydrogen (secondary N) is 2. The molecule has 0 bridgehead atoms. The van der Waals surface area contributed by atoms with Gasteiger partial charge in [0.2, 0.25) is 0 Å². The summed E-state index contributed by atoms with van der Waals surface area (Å²) in [5.41, 5.74) is 0.452. The second-order valence-electron chi connectivity index (χ2n) is 6.42. The predicted octanol–water partition coefficient (Wildman–Crippen LogP) is 3.14. The minimum atomic E-state index is -0.396. The van der Waals surface area contributed by atoms with Crippen LogP contribution in [0.3, 0.4) is 0 Å². The first kappa shape index (κ1) is 17.5. The van der Waals surface area contributed by atoms with Gasteiger partial charge in [-0.2, -0.15) is 0 Å². The highest BCUT2D eigenvalue weighted by Crippen LogP contribution is 2.32. The zero-order valence-corrected chi connectivity index (χ0v) is 13.6. The predicted molar refractivity (Wildman–Crippen MR) is 87.1 cm³/mol. The van der Waals surface area contributed by atoms with Gasteiger partial charge in [0, 0.05) is 12.6 Å². The summed E-state index contributed by atoms with van der Waals surface area (Å²) < 4.78 is 19.0. The summed E-state index contributed by atoms with van der Waals surface area (Å²) in [6, 6.07) is 3.70. The SMILES string of the molecule is CC(O)CC(C)CNC(=O)Nc1ccc(F)cc1OCC1CC1. The van der Waals surface area contributed by atoms with Crippen LogP contribution in [0.2, 0.25) is 0 Å². The molecule has 2 amide bonds. The first-order valence-electron chi connectivity index (χ1n) is 8.09. The maximum absolute atomic E-state index is 13.4. The van der Waals surface area contributed by atoms with Gasteiger partial charge in [-0.05, 0) is 50.2 Å². The Morgan fingerprint density at radius 2 is 2.17 bits per heavy atom. The molecular formula is C17H25FN2O3. The van der Waals surface area contributed by atoms with E-state index in [2.05, 4.69) is 10.6 Å². The van der Waals surface area contributed by atoms with Gasteiger partial charge in [-0.3, -0.25) is 0 Å². The average molecular weight is 324 g/mol. The van der Waals surface area contributed by atoms with E-state index in [-0.39, 0.29) is 11.9 Å². The van der Waals surface area contributed by atoms with Crippen LogP contribution >= 0.6 is 0 Å². The smallest absolute Gasteiger partial charge is 0.319 e. The number of ether oxygens (including phenoxy) is 1. The summed E-state index contributed by atoms with van der Waals surface area (Å²) in [5, 5.41) is 14.7. The topological polar surface area (TPSA) is 70.6 Å². The van der Waals surface area contributed by atoms with Crippen molar-refractivity contribution in [1.82, 2.24) is 5.32 Å². The molecule has 3 N–H and O–H groups in total. The Morgan fingerprint density at radius 1 is 1.43 bits per heavy atom. The molecule has 128 valence electrons. The molecule has 0 saturated heterocycles. The molecule has 2 rings (SSSR count). The van der Waals surface area contributed by atoms with Gasteiger partial charge < -0.3 is 20.5 Å². The molecule has 1 aliphatic carbocycles. The van der Waals surface area contributed by atoms with Crippen molar-refractivity contribution in [3.05, 3.63) is 24.0 Å². The van der Waals surface area contributed by atoms with Gasteiger partial charge in [0.15, 0.2) is 0 Å². The molecule has 1 fully saturated rings. The van der Waals surface area contributed by atoms with Gasteiger partial charge >= 0.3 is 6.03 Å². The minimum Gasteiger partial charge on any atom is -0.491 e. The van der Waals surface area contributed by atoms with Crippen molar-refractivity contribution in [1.29, 1.82) is 0 Å². The third-order valence-corrected chi connectivity index (χ3v) is 3.72. The highest BCUT2D eigenvalue weighted by Gasteiger charge is 2.22. The Kier molecular flexibility index (Phi) is 6.21. The van der Waals surface area contributed by atoms with E-state index in [9.17, 15) is 14.3 Å². The molecule has 6 heteroatoms. The summed E-state index contributed by atoms with van der Waals surface area (Å²) in [6.07, 6.45) is 2.50. The van der Waals surface area contributed by atoms with Crippen LogP contribution in [0.25, 0.3) is 0 Å². The number of hydrogen-bond donors (Lipinski definition) is 3. The molecule has 2 unspecified atom stereocenters. The van der Waals surface area contributed by atoms with Crippen molar-refractivity contribution >= 4 is 11.7 Å². The van der Waals surface area contributed by atoms with Crippen LogP contribution in [0.5, 0.6) is 5.75 Å². The van der Waals surface area contributed by atoms with Crippen LogP contribution in [-0.2, 0) is 0 Å². The molecule has 1 aromatic rings. The van der Waals surface area contributed by atoms with Gasteiger partial charge in [0.05, 0.1) is 18.4 Å². The highest BCUT2D eigenvalue weighted by atomic mass is 19.1. The number of carbonyl (C=O) groups excluding carboxylic acids is 1. The molecular weight excluding hydrogens is 299 g/mol. The molecule has 1 saturated carbocycles. The van der Waals surface area contributed by atoms with Gasteiger partial charge in [-0.1, -0.05) is 6.92 Å². The number of amides is 2. The number of anilines is 1. The summed E-state index contributed by atoms with van der Waals surface area (Å²) in [4.78, 5) is 12.0. The number of urea groups is 1. The van der Waals surface area contributed by atoms with Crippen LogP contribution < -0.4 is 15.4 Å². The largest absolute Gasteiger partial charge is 0.491 e. The molecule has 1 aromatic carbocycles. The van der Waals surface area contributed by atoms with Gasteiger partial charge in [0.1, 0.15) is 11.6 Å². The first-order chi connectivity index (χ1) is 10.9. The third-order valence-electron chi connectivity index (χ3n) is 3.72. The molecule has 2 atom stereocenters. The average Bonchev–Trinajstić information content (AvgIpc) is 3.29. The van der Waals surface area contributed by atoms with Crippen molar-refractivity contribution in [3.63, 3.8) is 0 Å². The fourth-order valence-corrected chi connectivity index (χ4v) is 2.31.